The lowest BCUT2D eigenvalue weighted by atomic mass is 9.85. The van der Waals surface area contributed by atoms with Gasteiger partial charge in [-0.2, -0.15) is 0 Å². The molecule has 4 heteroatoms. The first-order valence-electron chi connectivity index (χ1n) is 9.01. The van der Waals surface area contributed by atoms with Crippen molar-refractivity contribution in [1.82, 2.24) is 5.16 Å². The molecule has 0 N–H and O–H groups in total. The SMILES string of the molecule is Cc1cc(C(C)(C)CCCOCCCOCCCC(C)C)on1. The molecule has 1 aromatic heterocycles. The lowest BCUT2D eigenvalue weighted by molar-refractivity contribution is 0.0770. The van der Waals surface area contributed by atoms with Gasteiger partial charge < -0.3 is 14.0 Å². The monoisotopic (exact) mass is 325 g/mol. The Bertz CT molecular complexity index is 413. The molecule has 0 spiro atoms. The van der Waals surface area contributed by atoms with Gasteiger partial charge in [0.2, 0.25) is 0 Å². The van der Waals surface area contributed by atoms with Gasteiger partial charge in [-0.3, -0.25) is 0 Å². The lowest BCUT2D eigenvalue weighted by Gasteiger charge is -2.20. The van der Waals surface area contributed by atoms with Crippen LogP contribution in [0.15, 0.2) is 10.6 Å². The molecule has 0 aliphatic rings. The lowest BCUT2D eigenvalue weighted by Crippen LogP contribution is -2.17. The van der Waals surface area contributed by atoms with Gasteiger partial charge in [0.1, 0.15) is 5.76 Å². The predicted molar refractivity (Wildman–Crippen MR) is 93.8 cm³/mol. The number of aryl methyl sites for hydroxylation is 1. The molecule has 0 radical (unpaired) electrons. The molecule has 0 aromatic carbocycles. The van der Waals surface area contributed by atoms with Crippen molar-refractivity contribution in [3.8, 4) is 0 Å². The van der Waals surface area contributed by atoms with Gasteiger partial charge in [-0.25, -0.2) is 0 Å². The van der Waals surface area contributed by atoms with E-state index in [1.807, 2.05) is 13.0 Å². The van der Waals surface area contributed by atoms with Gasteiger partial charge in [0.05, 0.1) is 5.69 Å². The largest absolute Gasteiger partial charge is 0.381 e. The number of rotatable bonds is 13. The van der Waals surface area contributed by atoms with Crippen LogP contribution in [0.2, 0.25) is 0 Å². The summed E-state index contributed by atoms with van der Waals surface area (Å²) < 4.78 is 16.7. The summed E-state index contributed by atoms with van der Waals surface area (Å²) in [6, 6.07) is 2.03. The molecular weight excluding hydrogens is 290 g/mol. The quantitative estimate of drug-likeness (QED) is 0.484. The van der Waals surface area contributed by atoms with Crippen molar-refractivity contribution in [2.24, 2.45) is 5.92 Å². The van der Waals surface area contributed by atoms with Crippen LogP contribution in [-0.2, 0) is 14.9 Å². The molecule has 0 bridgehead atoms. The van der Waals surface area contributed by atoms with Crippen molar-refractivity contribution in [1.29, 1.82) is 0 Å². The summed E-state index contributed by atoms with van der Waals surface area (Å²) in [6.07, 6.45) is 5.45. The van der Waals surface area contributed by atoms with Crippen molar-refractivity contribution in [3.63, 3.8) is 0 Å². The van der Waals surface area contributed by atoms with Crippen LogP contribution in [-0.4, -0.2) is 31.6 Å². The normalized spacial score (nSPS) is 12.3. The van der Waals surface area contributed by atoms with Crippen LogP contribution in [0.3, 0.4) is 0 Å². The molecule has 0 saturated heterocycles. The van der Waals surface area contributed by atoms with Crippen molar-refractivity contribution >= 4 is 0 Å². The van der Waals surface area contributed by atoms with E-state index >= 15 is 0 Å². The van der Waals surface area contributed by atoms with Crippen LogP contribution >= 0.6 is 0 Å². The highest BCUT2D eigenvalue weighted by Gasteiger charge is 2.24. The third-order valence-electron chi connectivity index (χ3n) is 4.03. The Morgan fingerprint density at radius 3 is 2.22 bits per heavy atom. The highest BCUT2D eigenvalue weighted by Crippen LogP contribution is 2.28. The maximum atomic E-state index is 5.69. The predicted octanol–water partition coefficient (Wildman–Crippen LogP) is 4.90. The fourth-order valence-corrected chi connectivity index (χ4v) is 2.48. The molecule has 0 aliphatic heterocycles. The summed E-state index contributed by atoms with van der Waals surface area (Å²) in [5, 5.41) is 3.97. The molecule has 0 fully saturated rings. The van der Waals surface area contributed by atoms with Gasteiger partial charge >= 0.3 is 0 Å². The Kier molecular flexibility index (Phi) is 9.49. The van der Waals surface area contributed by atoms with Crippen LogP contribution in [0.1, 0.15) is 71.3 Å². The van der Waals surface area contributed by atoms with Gasteiger partial charge in [0.25, 0.3) is 0 Å². The number of nitrogens with zero attached hydrogens (tertiary/aromatic N) is 1. The van der Waals surface area contributed by atoms with Gasteiger partial charge in [-0.1, -0.05) is 32.9 Å². The summed E-state index contributed by atoms with van der Waals surface area (Å²) in [6.45, 7) is 14.1. The fraction of sp³-hybridized carbons (Fsp3) is 0.842. The number of ether oxygens (including phenoxy) is 2. The number of hydrogen-bond acceptors (Lipinski definition) is 4. The van der Waals surface area contributed by atoms with E-state index in [1.54, 1.807) is 0 Å². The fourth-order valence-electron chi connectivity index (χ4n) is 2.48. The Morgan fingerprint density at radius 1 is 1.04 bits per heavy atom. The van der Waals surface area contributed by atoms with E-state index in [9.17, 15) is 0 Å². The minimum Gasteiger partial charge on any atom is -0.381 e. The second-order valence-electron chi connectivity index (χ2n) is 7.43. The standard InChI is InChI=1S/C19H35NO3/c1-16(2)9-6-11-21-13-8-14-22-12-7-10-19(4,5)18-15-17(3)20-23-18/h15-16H,6-14H2,1-5H3. The zero-order valence-electron chi connectivity index (χ0n) is 15.7. The molecule has 0 atom stereocenters. The maximum absolute atomic E-state index is 5.69. The Morgan fingerprint density at radius 2 is 1.65 bits per heavy atom. The smallest absolute Gasteiger partial charge is 0.142 e. The average molecular weight is 325 g/mol. The van der Waals surface area contributed by atoms with Crippen molar-refractivity contribution in [2.75, 3.05) is 26.4 Å². The molecule has 0 amide bonds. The first-order valence-corrected chi connectivity index (χ1v) is 9.01. The highest BCUT2D eigenvalue weighted by atomic mass is 16.5. The van der Waals surface area contributed by atoms with Crippen LogP contribution in [0.25, 0.3) is 0 Å². The zero-order chi connectivity index (χ0) is 17.1. The van der Waals surface area contributed by atoms with Crippen LogP contribution in [0, 0.1) is 12.8 Å². The molecule has 134 valence electrons. The van der Waals surface area contributed by atoms with E-state index in [0.717, 1.165) is 69.5 Å². The topological polar surface area (TPSA) is 44.5 Å². The second kappa shape index (κ2) is 10.8. The third-order valence-corrected chi connectivity index (χ3v) is 4.03. The third kappa shape index (κ3) is 9.11. The van der Waals surface area contributed by atoms with Gasteiger partial charge in [0, 0.05) is 37.9 Å². The highest BCUT2D eigenvalue weighted by molar-refractivity contribution is 5.12. The van der Waals surface area contributed by atoms with Crippen molar-refractivity contribution in [2.45, 2.75) is 72.1 Å². The van der Waals surface area contributed by atoms with Gasteiger partial charge in [-0.15, -0.1) is 0 Å². The number of aromatic nitrogens is 1. The van der Waals surface area contributed by atoms with Gasteiger partial charge in [-0.05, 0) is 44.9 Å². The molecule has 0 unspecified atom stereocenters. The van der Waals surface area contributed by atoms with Crippen molar-refractivity contribution in [3.05, 3.63) is 17.5 Å². The van der Waals surface area contributed by atoms with E-state index < -0.39 is 0 Å². The summed E-state index contributed by atoms with van der Waals surface area (Å²) in [5.41, 5.74) is 0.960. The summed E-state index contributed by atoms with van der Waals surface area (Å²) in [4.78, 5) is 0. The molecule has 23 heavy (non-hydrogen) atoms. The molecule has 1 aromatic rings. The zero-order valence-corrected chi connectivity index (χ0v) is 15.7. The Balaban J connectivity index is 1.95. The van der Waals surface area contributed by atoms with E-state index in [1.165, 1.54) is 6.42 Å². The van der Waals surface area contributed by atoms with Gasteiger partial charge in [0.15, 0.2) is 0 Å². The minimum atomic E-state index is 0.0180. The van der Waals surface area contributed by atoms with Crippen LogP contribution < -0.4 is 0 Å². The molecule has 1 heterocycles. The molecule has 0 saturated carbocycles. The first kappa shape index (κ1) is 20.2. The summed E-state index contributed by atoms with van der Waals surface area (Å²) >= 11 is 0. The molecular formula is C19H35NO3. The Labute approximate surface area is 141 Å². The first-order chi connectivity index (χ1) is 10.9. The second-order valence-corrected chi connectivity index (χ2v) is 7.43. The summed E-state index contributed by atoms with van der Waals surface area (Å²) in [5.74, 6) is 1.73. The molecule has 1 rings (SSSR count). The summed E-state index contributed by atoms with van der Waals surface area (Å²) in [7, 11) is 0. The number of hydrogen-bond donors (Lipinski definition) is 0. The molecule has 4 nitrogen and oxygen atoms in total. The van der Waals surface area contributed by atoms with Crippen molar-refractivity contribution < 1.29 is 14.0 Å². The minimum absolute atomic E-state index is 0.0180. The average Bonchev–Trinajstić information content (AvgIpc) is 2.92. The van der Waals surface area contributed by atoms with E-state index in [-0.39, 0.29) is 5.41 Å². The maximum Gasteiger partial charge on any atom is 0.142 e. The molecule has 0 aliphatic carbocycles. The Hall–Kier alpha value is -0.870. The van der Waals surface area contributed by atoms with E-state index in [2.05, 4.69) is 32.9 Å². The van der Waals surface area contributed by atoms with E-state index in [4.69, 9.17) is 14.0 Å². The van der Waals surface area contributed by atoms with E-state index in [0.29, 0.717) is 0 Å². The van der Waals surface area contributed by atoms with Crippen LogP contribution in [0.4, 0.5) is 0 Å². The van der Waals surface area contributed by atoms with Crippen LogP contribution in [0.5, 0.6) is 0 Å².